The number of carbonyl (C=O) groups is 3. The number of aliphatic hydroxyl groups is 2. The van der Waals surface area contributed by atoms with E-state index in [0.717, 1.165) is 11.1 Å². The van der Waals surface area contributed by atoms with E-state index in [2.05, 4.69) is 0 Å². The summed E-state index contributed by atoms with van der Waals surface area (Å²) in [6.45, 7) is 10.6. The lowest BCUT2D eigenvalue weighted by molar-refractivity contribution is -0.155. The normalized spacial score (nSPS) is 27.4. The van der Waals surface area contributed by atoms with E-state index < -0.39 is 46.8 Å². The maximum atomic E-state index is 12.8. The Morgan fingerprint density at radius 1 is 1.12 bits per heavy atom. The van der Waals surface area contributed by atoms with E-state index in [9.17, 15) is 24.6 Å². The quantitative estimate of drug-likeness (QED) is 0.543. The first-order chi connectivity index (χ1) is 11.4. The molecule has 1 rings (SSSR count). The molecule has 0 heterocycles. The van der Waals surface area contributed by atoms with Gasteiger partial charge in [0.2, 0.25) is 0 Å². The maximum absolute atomic E-state index is 12.8. The predicted octanol–water partition coefficient (Wildman–Crippen LogP) is 2.40. The first-order valence-corrected chi connectivity index (χ1v) is 8.73. The third-order valence-corrected chi connectivity index (χ3v) is 4.69. The Hall–Kier alpha value is -1.59. The molecule has 140 valence electrons. The molecule has 5 nitrogen and oxygen atoms in total. The van der Waals surface area contributed by atoms with Crippen LogP contribution in [0.4, 0.5) is 0 Å². The van der Waals surface area contributed by atoms with Gasteiger partial charge in [0, 0.05) is 5.92 Å². The highest BCUT2D eigenvalue weighted by molar-refractivity contribution is 6.27. The second-order valence-corrected chi connectivity index (χ2v) is 7.68. The molecule has 4 atom stereocenters. The second kappa shape index (κ2) is 8.19. The Kier molecular flexibility index (Phi) is 7.03. The zero-order valence-electron chi connectivity index (χ0n) is 16.0. The van der Waals surface area contributed by atoms with Crippen LogP contribution < -0.4 is 0 Å². The minimum absolute atomic E-state index is 0.0474. The number of hydrogen-bond donors (Lipinski definition) is 2. The molecule has 2 unspecified atom stereocenters. The highest BCUT2D eigenvalue weighted by atomic mass is 16.4. The Bertz CT molecular complexity index is 606. The Morgan fingerprint density at radius 3 is 2.08 bits per heavy atom. The van der Waals surface area contributed by atoms with Crippen LogP contribution in [0.3, 0.4) is 0 Å². The van der Waals surface area contributed by atoms with Crippen molar-refractivity contribution in [3.05, 3.63) is 23.3 Å². The summed E-state index contributed by atoms with van der Waals surface area (Å²) in [5, 5.41) is 21.6. The average Bonchev–Trinajstić information content (AvgIpc) is 2.69. The predicted molar refractivity (Wildman–Crippen MR) is 95.9 cm³/mol. The van der Waals surface area contributed by atoms with Crippen LogP contribution >= 0.6 is 0 Å². The lowest BCUT2D eigenvalue weighted by atomic mass is 9.80. The summed E-state index contributed by atoms with van der Waals surface area (Å²) >= 11 is 0. The molecule has 0 amide bonds. The van der Waals surface area contributed by atoms with Crippen molar-refractivity contribution in [2.45, 2.75) is 66.1 Å². The van der Waals surface area contributed by atoms with E-state index in [4.69, 9.17) is 0 Å². The van der Waals surface area contributed by atoms with Crippen LogP contribution in [0.15, 0.2) is 23.3 Å². The van der Waals surface area contributed by atoms with Crippen molar-refractivity contribution in [1.29, 1.82) is 0 Å². The van der Waals surface area contributed by atoms with Crippen LogP contribution in [0.2, 0.25) is 0 Å². The number of allylic oxidation sites excluding steroid dienone is 3. The van der Waals surface area contributed by atoms with E-state index in [0.29, 0.717) is 0 Å². The fraction of sp³-hybridized carbons (Fsp3) is 0.650. The van der Waals surface area contributed by atoms with Crippen molar-refractivity contribution < 1.29 is 24.6 Å². The number of hydrogen-bond acceptors (Lipinski definition) is 5. The first-order valence-electron chi connectivity index (χ1n) is 8.73. The summed E-state index contributed by atoms with van der Waals surface area (Å²) in [4.78, 5) is 38.0. The number of aliphatic hydroxyl groups excluding tert-OH is 1. The zero-order chi connectivity index (χ0) is 19.5. The molecule has 0 spiro atoms. The van der Waals surface area contributed by atoms with Gasteiger partial charge in [-0.15, -0.1) is 0 Å². The highest BCUT2D eigenvalue weighted by Crippen LogP contribution is 2.41. The molecule has 5 heteroatoms. The van der Waals surface area contributed by atoms with Crippen molar-refractivity contribution in [2.75, 3.05) is 0 Å². The van der Waals surface area contributed by atoms with Crippen LogP contribution in [0.25, 0.3) is 0 Å². The fourth-order valence-corrected chi connectivity index (χ4v) is 3.13. The van der Waals surface area contributed by atoms with E-state index in [-0.39, 0.29) is 12.8 Å². The van der Waals surface area contributed by atoms with Crippen LogP contribution in [0, 0.1) is 17.8 Å². The van der Waals surface area contributed by atoms with Crippen LogP contribution in [0.5, 0.6) is 0 Å². The molecule has 0 saturated heterocycles. The summed E-state index contributed by atoms with van der Waals surface area (Å²) in [6.07, 6.45) is 2.19. The van der Waals surface area contributed by atoms with Crippen LogP contribution in [-0.4, -0.2) is 39.3 Å². The van der Waals surface area contributed by atoms with E-state index in [1.807, 2.05) is 27.7 Å². The van der Waals surface area contributed by atoms with E-state index in [1.165, 1.54) is 0 Å². The summed E-state index contributed by atoms with van der Waals surface area (Å²) in [7, 11) is 0. The molecule has 0 aliphatic heterocycles. The molecule has 1 aliphatic carbocycles. The van der Waals surface area contributed by atoms with Crippen molar-refractivity contribution in [3.63, 3.8) is 0 Å². The molecule has 0 aromatic carbocycles. The fourth-order valence-electron chi connectivity index (χ4n) is 3.13. The third kappa shape index (κ3) is 4.33. The number of carbonyl (C=O) groups excluding carboxylic acids is 3. The van der Waals surface area contributed by atoms with Crippen LogP contribution in [-0.2, 0) is 14.4 Å². The minimum atomic E-state index is -2.23. The molecule has 2 N–H and O–H groups in total. The zero-order valence-corrected chi connectivity index (χ0v) is 16.0. The summed E-state index contributed by atoms with van der Waals surface area (Å²) in [6, 6.07) is 0. The molecular formula is C20H30O5. The number of rotatable bonds is 7. The van der Waals surface area contributed by atoms with Gasteiger partial charge in [0.15, 0.2) is 23.0 Å². The van der Waals surface area contributed by atoms with Gasteiger partial charge in [0.05, 0.1) is 12.0 Å². The lowest BCUT2D eigenvalue weighted by Gasteiger charge is -2.31. The molecule has 1 aliphatic rings. The molecule has 0 bridgehead atoms. The van der Waals surface area contributed by atoms with Gasteiger partial charge in [0.1, 0.15) is 5.92 Å². The molecule has 1 fully saturated rings. The molecule has 25 heavy (non-hydrogen) atoms. The van der Waals surface area contributed by atoms with Crippen molar-refractivity contribution in [3.8, 4) is 0 Å². The van der Waals surface area contributed by atoms with Gasteiger partial charge in [-0.25, -0.2) is 0 Å². The molecule has 0 aromatic heterocycles. The molecular weight excluding hydrogens is 320 g/mol. The molecule has 0 aromatic rings. The second-order valence-electron chi connectivity index (χ2n) is 7.68. The maximum Gasteiger partial charge on any atom is 0.185 e. The van der Waals surface area contributed by atoms with Crippen molar-refractivity contribution >= 4 is 17.3 Å². The average molecular weight is 350 g/mol. The van der Waals surface area contributed by atoms with Gasteiger partial charge in [-0.3, -0.25) is 14.4 Å². The van der Waals surface area contributed by atoms with Crippen molar-refractivity contribution in [1.82, 2.24) is 0 Å². The molecule has 1 saturated carbocycles. The van der Waals surface area contributed by atoms with E-state index in [1.54, 1.807) is 26.0 Å². The Morgan fingerprint density at radius 2 is 1.64 bits per heavy atom. The van der Waals surface area contributed by atoms with Gasteiger partial charge in [-0.05, 0) is 40.5 Å². The van der Waals surface area contributed by atoms with Gasteiger partial charge >= 0.3 is 0 Å². The van der Waals surface area contributed by atoms with Crippen LogP contribution in [0.1, 0.15) is 54.4 Å². The Labute approximate surface area is 149 Å². The van der Waals surface area contributed by atoms with Crippen molar-refractivity contribution in [2.24, 2.45) is 17.8 Å². The largest absolute Gasteiger partial charge is 0.389 e. The van der Waals surface area contributed by atoms with Gasteiger partial charge in [-0.2, -0.15) is 0 Å². The van der Waals surface area contributed by atoms with Gasteiger partial charge in [-0.1, -0.05) is 37.1 Å². The summed E-state index contributed by atoms with van der Waals surface area (Å²) in [5.74, 6) is -5.04. The number of ketones is 3. The number of Topliss-reactive ketones (excluding diaryl/α,β-unsaturated/α-hetero) is 3. The third-order valence-electron chi connectivity index (χ3n) is 4.69. The standard InChI is InChI=1S/C20H30O5/c1-11(2)7-9-14-18(23)16(17(22)13(5)6)19(24)20(14,25)15(21)10-8-12(3)4/h7-8,13-16,21,25H,9-10H2,1-6H3/t14-,15?,16?,20+/m1/s1. The first kappa shape index (κ1) is 21.5. The monoisotopic (exact) mass is 350 g/mol. The minimum Gasteiger partial charge on any atom is -0.389 e. The van der Waals surface area contributed by atoms with E-state index >= 15 is 0 Å². The lowest BCUT2D eigenvalue weighted by Crippen LogP contribution is -2.52. The summed E-state index contributed by atoms with van der Waals surface area (Å²) < 4.78 is 0. The van der Waals surface area contributed by atoms with Gasteiger partial charge < -0.3 is 10.2 Å². The SMILES string of the molecule is CC(C)=CCC(O)[C@]1(O)C(=O)C(C(=O)C(C)C)C(=O)[C@H]1CC=C(C)C. The smallest absolute Gasteiger partial charge is 0.185 e. The molecule has 0 radical (unpaired) electrons. The van der Waals surface area contributed by atoms with Gasteiger partial charge in [0.25, 0.3) is 0 Å². The Balaban J connectivity index is 3.34. The highest BCUT2D eigenvalue weighted by Gasteiger charge is 2.63. The topological polar surface area (TPSA) is 91.7 Å². The summed E-state index contributed by atoms with van der Waals surface area (Å²) in [5.41, 5.74) is -0.375.